The van der Waals surface area contributed by atoms with Gasteiger partial charge in [0.05, 0.1) is 36.5 Å². The largest absolute Gasteiger partial charge is 0.390 e. The Bertz CT molecular complexity index is 1540. The van der Waals surface area contributed by atoms with Gasteiger partial charge in [0.25, 0.3) is 0 Å². The molecule has 1 saturated heterocycles. The van der Waals surface area contributed by atoms with Crippen molar-refractivity contribution in [2.75, 3.05) is 36.6 Å². The highest BCUT2D eigenvalue weighted by Crippen LogP contribution is 2.51. The quantitative estimate of drug-likeness (QED) is 0.340. The fourth-order valence-corrected chi connectivity index (χ4v) is 7.23. The second kappa shape index (κ2) is 11.6. The van der Waals surface area contributed by atoms with Gasteiger partial charge in [0, 0.05) is 29.6 Å². The molecule has 0 unspecified atom stereocenters. The van der Waals surface area contributed by atoms with Crippen LogP contribution in [0.2, 0.25) is 0 Å². The highest BCUT2D eigenvalue weighted by Gasteiger charge is 2.52. The minimum Gasteiger partial charge on any atom is -0.390 e. The summed E-state index contributed by atoms with van der Waals surface area (Å²) in [4.78, 5) is 23.9. The average Bonchev–Trinajstić information content (AvgIpc) is 2.93. The second-order valence-electron chi connectivity index (χ2n) is 10.3. The molecule has 5 rings (SSSR count). The van der Waals surface area contributed by atoms with Crippen LogP contribution in [0.4, 0.5) is 20.7 Å². The minimum atomic E-state index is -3.91. The predicted octanol–water partition coefficient (Wildman–Crippen LogP) is 3.99. The molecular formula is C29H32FN5O5S. The molecule has 12 heteroatoms. The van der Waals surface area contributed by atoms with Crippen LogP contribution in [0, 0.1) is 5.82 Å². The Morgan fingerprint density at radius 2 is 1.88 bits per heavy atom. The zero-order chi connectivity index (χ0) is 29.2. The number of aliphatic hydroxyl groups is 1. The third-order valence-electron chi connectivity index (χ3n) is 7.52. The van der Waals surface area contributed by atoms with Gasteiger partial charge in [0.15, 0.2) is 15.7 Å². The fourth-order valence-electron chi connectivity index (χ4n) is 5.08. The van der Waals surface area contributed by atoms with Gasteiger partial charge >= 0.3 is 6.03 Å². The van der Waals surface area contributed by atoms with Crippen LogP contribution < -0.4 is 15.5 Å². The van der Waals surface area contributed by atoms with Crippen LogP contribution in [0.3, 0.4) is 0 Å². The molecule has 10 nitrogen and oxygen atoms in total. The van der Waals surface area contributed by atoms with Crippen molar-refractivity contribution in [2.45, 2.75) is 41.9 Å². The number of carbonyl (C=O) groups is 1. The van der Waals surface area contributed by atoms with E-state index in [9.17, 15) is 17.6 Å². The van der Waals surface area contributed by atoms with E-state index in [1.807, 2.05) is 6.92 Å². The Morgan fingerprint density at radius 1 is 1.17 bits per heavy atom. The van der Waals surface area contributed by atoms with E-state index in [0.29, 0.717) is 67.6 Å². The Morgan fingerprint density at radius 3 is 2.49 bits per heavy atom. The number of hydrogen-bond donors (Lipinski definition) is 3. The van der Waals surface area contributed by atoms with Crippen molar-refractivity contribution < 1.29 is 27.4 Å². The van der Waals surface area contributed by atoms with E-state index >= 15 is 0 Å². The van der Waals surface area contributed by atoms with E-state index < -0.39 is 26.4 Å². The summed E-state index contributed by atoms with van der Waals surface area (Å²) in [6.45, 7) is 6.80. The number of sulfone groups is 1. The number of amides is 2. The van der Waals surface area contributed by atoms with Gasteiger partial charge in [-0.15, -0.1) is 0 Å². The third-order valence-corrected chi connectivity index (χ3v) is 10.1. The van der Waals surface area contributed by atoms with Crippen LogP contribution in [-0.2, 0) is 19.3 Å². The summed E-state index contributed by atoms with van der Waals surface area (Å²) in [6, 6.07) is 13.0. The molecule has 1 aromatic heterocycles. The molecular weight excluding hydrogens is 549 g/mol. The first-order valence-electron chi connectivity index (χ1n) is 13.3. The lowest BCUT2D eigenvalue weighted by Gasteiger charge is -2.41. The highest BCUT2D eigenvalue weighted by molar-refractivity contribution is 7.92. The van der Waals surface area contributed by atoms with Crippen molar-refractivity contribution in [3.8, 4) is 11.4 Å². The van der Waals surface area contributed by atoms with Crippen molar-refractivity contribution >= 4 is 27.4 Å². The Balaban J connectivity index is 1.55. The van der Waals surface area contributed by atoms with Gasteiger partial charge in [-0.25, -0.2) is 27.6 Å². The molecule has 0 radical (unpaired) electrons. The summed E-state index contributed by atoms with van der Waals surface area (Å²) in [5.74, 6) is 0.445. The first-order valence-corrected chi connectivity index (χ1v) is 14.8. The SMILES string of the molecule is C=C(CO)NC(=O)Nc1ccc(-c2nc(N3CCOC[C@@H]3C)cc(C3(S(=O)(=O)c4ccc(F)cc4)CCC3)n2)cc1. The standard InChI is InChI=1S/C29H32FN5O5S/c1-19(17-36)31-28(37)32-23-8-4-21(5-9-23)27-33-25(16-26(34-27)35-14-15-40-18-20(35)2)29(12-3-13-29)41(38,39)24-10-6-22(30)7-11-24/h4-11,16,20,36H,1,3,12-15,17-18H2,2H3,(H2,31,32,37)/t20-/m0/s1. The number of anilines is 2. The normalized spacial score (nSPS) is 18.3. The molecule has 2 heterocycles. The van der Waals surface area contributed by atoms with Crippen molar-refractivity contribution in [2.24, 2.45) is 0 Å². The molecule has 2 aliphatic rings. The van der Waals surface area contributed by atoms with Gasteiger partial charge in [-0.1, -0.05) is 6.58 Å². The molecule has 216 valence electrons. The first kappa shape index (κ1) is 28.7. The molecule has 1 saturated carbocycles. The van der Waals surface area contributed by atoms with Gasteiger partial charge in [-0.2, -0.15) is 0 Å². The number of nitrogens with zero attached hydrogens (tertiary/aromatic N) is 3. The van der Waals surface area contributed by atoms with Crippen LogP contribution in [0.1, 0.15) is 31.9 Å². The zero-order valence-electron chi connectivity index (χ0n) is 22.6. The lowest BCUT2D eigenvalue weighted by Crippen LogP contribution is -2.46. The van der Waals surface area contributed by atoms with Gasteiger partial charge < -0.3 is 25.4 Å². The minimum absolute atomic E-state index is 0.0177. The molecule has 0 spiro atoms. The van der Waals surface area contributed by atoms with Crippen molar-refractivity contribution in [3.63, 3.8) is 0 Å². The topological polar surface area (TPSA) is 134 Å². The maximum Gasteiger partial charge on any atom is 0.323 e. The molecule has 2 amide bonds. The maximum absolute atomic E-state index is 14.0. The molecule has 41 heavy (non-hydrogen) atoms. The molecule has 1 atom stereocenters. The molecule has 2 aromatic carbocycles. The summed E-state index contributed by atoms with van der Waals surface area (Å²) in [5, 5.41) is 14.1. The van der Waals surface area contributed by atoms with E-state index in [1.165, 1.54) is 12.1 Å². The fraction of sp³-hybridized carbons (Fsp3) is 0.345. The summed E-state index contributed by atoms with van der Waals surface area (Å²) in [7, 11) is -3.91. The van der Waals surface area contributed by atoms with Gasteiger partial charge in [0.2, 0.25) is 0 Å². The smallest absolute Gasteiger partial charge is 0.323 e. The van der Waals surface area contributed by atoms with Crippen molar-refractivity contribution in [1.29, 1.82) is 0 Å². The van der Waals surface area contributed by atoms with E-state index in [1.54, 1.807) is 30.3 Å². The molecule has 0 bridgehead atoms. The van der Waals surface area contributed by atoms with Crippen LogP contribution in [0.25, 0.3) is 11.4 Å². The Labute approximate surface area is 238 Å². The average molecular weight is 582 g/mol. The first-order chi connectivity index (χ1) is 19.6. The molecule has 1 aliphatic heterocycles. The summed E-state index contributed by atoms with van der Waals surface area (Å²) in [5.41, 5.74) is 1.68. The predicted molar refractivity (Wildman–Crippen MR) is 153 cm³/mol. The number of halogens is 1. The van der Waals surface area contributed by atoms with Gasteiger partial charge in [-0.3, -0.25) is 0 Å². The molecule has 3 aromatic rings. The zero-order valence-corrected chi connectivity index (χ0v) is 23.5. The third kappa shape index (κ3) is 5.67. The van der Waals surface area contributed by atoms with Crippen LogP contribution >= 0.6 is 0 Å². The molecule has 1 aliphatic carbocycles. The monoisotopic (exact) mass is 581 g/mol. The number of urea groups is 1. The molecule has 3 N–H and O–H groups in total. The van der Waals surface area contributed by atoms with Crippen LogP contribution in [-0.4, -0.2) is 61.9 Å². The summed E-state index contributed by atoms with van der Waals surface area (Å²) >= 11 is 0. The van der Waals surface area contributed by atoms with Gasteiger partial charge in [-0.05, 0) is 74.7 Å². The Hall–Kier alpha value is -3.87. The van der Waals surface area contributed by atoms with Crippen LogP contribution in [0.5, 0.6) is 0 Å². The molecule has 2 fully saturated rings. The van der Waals surface area contributed by atoms with Crippen LogP contribution in [0.15, 0.2) is 71.8 Å². The number of rotatable bonds is 8. The number of morpholine rings is 1. The van der Waals surface area contributed by atoms with E-state index in [-0.39, 0.29) is 23.2 Å². The highest BCUT2D eigenvalue weighted by atomic mass is 32.2. The maximum atomic E-state index is 14.0. The van der Waals surface area contributed by atoms with Crippen molar-refractivity contribution in [1.82, 2.24) is 15.3 Å². The number of hydrogen-bond acceptors (Lipinski definition) is 8. The number of benzene rings is 2. The summed E-state index contributed by atoms with van der Waals surface area (Å²) < 4.78 is 46.0. The number of nitrogens with one attached hydrogen (secondary N) is 2. The summed E-state index contributed by atoms with van der Waals surface area (Å²) in [6.07, 6.45) is 1.49. The number of aromatic nitrogens is 2. The number of ether oxygens (including phenoxy) is 1. The van der Waals surface area contributed by atoms with E-state index in [4.69, 9.17) is 19.8 Å². The van der Waals surface area contributed by atoms with E-state index in [0.717, 1.165) is 12.1 Å². The number of carbonyl (C=O) groups excluding carboxylic acids is 1. The lowest BCUT2D eigenvalue weighted by atomic mass is 9.81. The number of aliphatic hydroxyl groups excluding tert-OH is 1. The second-order valence-corrected chi connectivity index (χ2v) is 12.5. The lowest BCUT2D eigenvalue weighted by molar-refractivity contribution is 0.0985. The van der Waals surface area contributed by atoms with Crippen molar-refractivity contribution in [3.05, 3.63) is 78.4 Å². The van der Waals surface area contributed by atoms with E-state index in [2.05, 4.69) is 22.1 Å². The van der Waals surface area contributed by atoms with Gasteiger partial charge in [0.1, 0.15) is 16.4 Å². The Kier molecular flexibility index (Phi) is 8.07.